The lowest BCUT2D eigenvalue weighted by atomic mass is 9.96. The zero-order valence-electron chi connectivity index (χ0n) is 11.0. The van der Waals surface area contributed by atoms with Crippen molar-refractivity contribution in [3.63, 3.8) is 0 Å². The van der Waals surface area contributed by atoms with Crippen LogP contribution >= 0.6 is 15.9 Å². The van der Waals surface area contributed by atoms with Crippen molar-refractivity contribution in [2.24, 2.45) is 0 Å². The van der Waals surface area contributed by atoms with Crippen molar-refractivity contribution >= 4 is 15.9 Å². The second kappa shape index (κ2) is 5.97. The summed E-state index contributed by atoms with van der Waals surface area (Å²) in [4.78, 5) is 0. The summed E-state index contributed by atoms with van der Waals surface area (Å²) >= 11 is 3.05. The van der Waals surface area contributed by atoms with Gasteiger partial charge in [-0.3, -0.25) is 0 Å². The van der Waals surface area contributed by atoms with E-state index in [4.69, 9.17) is 0 Å². The summed E-state index contributed by atoms with van der Waals surface area (Å²) in [6, 6.07) is 6.22. The van der Waals surface area contributed by atoms with Crippen molar-refractivity contribution in [1.82, 2.24) is 5.32 Å². The van der Waals surface area contributed by atoms with Gasteiger partial charge in [-0.25, -0.2) is 13.2 Å². The molecule has 0 aliphatic carbocycles. The normalized spacial score (nSPS) is 12.5. The van der Waals surface area contributed by atoms with Crippen molar-refractivity contribution in [3.05, 3.63) is 68.9 Å². The molecule has 1 nitrogen and oxygen atoms in total. The maximum atomic E-state index is 14.2. The molecule has 1 N–H and O–H groups in total. The highest BCUT2D eigenvalue weighted by Crippen LogP contribution is 2.31. The zero-order chi connectivity index (χ0) is 14.9. The molecule has 0 amide bonds. The summed E-state index contributed by atoms with van der Waals surface area (Å²) in [6.07, 6.45) is 0. The fourth-order valence-electron chi connectivity index (χ4n) is 2.13. The first-order valence-electron chi connectivity index (χ1n) is 6.02. The van der Waals surface area contributed by atoms with Gasteiger partial charge in [-0.2, -0.15) is 0 Å². The zero-order valence-corrected chi connectivity index (χ0v) is 12.6. The summed E-state index contributed by atoms with van der Waals surface area (Å²) in [5.41, 5.74) is 0.939. The van der Waals surface area contributed by atoms with E-state index in [1.165, 1.54) is 24.3 Å². The first kappa shape index (κ1) is 15.1. The Balaban J connectivity index is 2.58. The molecule has 2 rings (SSSR count). The Morgan fingerprint density at radius 3 is 2.30 bits per heavy atom. The van der Waals surface area contributed by atoms with Crippen LogP contribution in [0.1, 0.15) is 22.7 Å². The molecule has 1 atom stereocenters. The maximum absolute atomic E-state index is 14.2. The number of aryl methyl sites for hydroxylation is 1. The molecule has 0 heterocycles. The number of halogens is 4. The molecule has 0 saturated carbocycles. The third kappa shape index (κ3) is 2.74. The van der Waals surface area contributed by atoms with Gasteiger partial charge < -0.3 is 5.32 Å². The van der Waals surface area contributed by atoms with Gasteiger partial charge in [-0.1, -0.05) is 12.1 Å². The number of hydrogen-bond acceptors (Lipinski definition) is 1. The van der Waals surface area contributed by atoms with E-state index >= 15 is 0 Å². The summed E-state index contributed by atoms with van der Waals surface area (Å²) in [6.45, 7) is 1.61. The fourth-order valence-corrected chi connectivity index (χ4v) is 2.48. The van der Waals surface area contributed by atoms with E-state index in [-0.39, 0.29) is 15.9 Å². The Kier molecular flexibility index (Phi) is 4.50. The standard InChI is InChI=1S/C15H13BrF3N/c1-8-7-9(3-5-11(8)17)15(20-2)13-12(18)6-4-10(16)14(13)19/h3-7,15,20H,1-2H3. The maximum Gasteiger partial charge on any atom is 0.145 e. The van der Waals surface area contributed by atoms with Gasteiger partial charge in [-0.15, -0.1) is 0 Å². The molecule has 0 spiro atoms. The van der Waals surface area contributed by atoms with Crippen molar-refractivity contribution in [2.45, 2.75) is 13.0 Å². The fraction of sp³-hybridized carbons (Fsp3) is 0.200. The molecule has 106 valence electrons. The quantitative estimate of drug-likeness (QED) is 0.810. The number of benzene rings is 2. The van der Waals surface area contributed by atoms with Gasteiger partial charge in [0.15, 0.2) is 0 Å². The van der Waals surface area contributed by atoms with Crippen molar-refractivity contribution in [2.75, 3.05) is 7.05 Å². The molecule has 0 aliphatic rings. The number of hydrogen-bond donors (Lipinski definition) is 1. The molecule has 0 aliphatic heterocycles. The van der Waals surface area contributed by atoms with Crippen LogP contribution < -0.4 is 5.32 Å². The highest BCUT2D eigenvalue weighted by atomic mass is 79.9. The minimum Gasteiger partial charge on any atom is -0.309 e. The van der Waals surface area contributed by atoms with Crippen LogP contribution in [0.2, 0.25) is 0 Å². The van der Waals surface area contributed by atoms with Crippen LogP contribution in [0.4, 0.5) is 13.2 Å². The third-order valence-electron chi connectivity index (χ3n) is 3.17. The molecule has 0 bridgehead atoms. The van der Waals surface area contributed by atoms with Crippen LogP contribution in [0.3, 0.4) is 0 Å². The van der Waals surface area contributed by atoms with E-state index in [1.807, 2.05) is 0 Å². The molecule has 0 radical (unpaired) electrons. The second-order valence-corrected chi connectivity index (χ2v) is 5.34. The van der Waals surface area contributed by atoms with Crippen molar-refractivity contribution in [3.8, 4) is 0 Å². The van der Waals surface area contributed by atoms with Crippen LogP contribution in [0.25, 0.3) is 0 Å². The van der Waals surface area contributed by atoms with Crippen LogP contribution in [0.15, 0.2) is 34.8 Å². The van der Waals surface area contributed by atoms with Crippen molar-refractivity contribution < 1.29 is 13.2 Å². The first-order chi connectivity index (χ1) is 9.45. The van der Waals surface area contributed by atoms with Crippen molar-refractivity contribution in [1.29, 1.82) is 0 Å². The van der Waals surface area contributed by atoms with Gasteiger partial charge in [-0.05, 0) is 59.2 Å². The Hall–Kier alpha value is -1.33. The van der Waals surface area contributed by atoms with E-state index in [9.17, 15) is 13.2 Å². The van der Waals surface area contributed by atoms with Crippen LogP contribution in [-0.4, -0.2) is 7.05 Å². The van der Waals surface area contributed by atoms with Gasteiger partial charge >= 0.3 is 0 Å². The van der Waals surface area contributed by atoms with Crippen LogP contribution in [0, 0.1) is 24.4 Å². The minimum absolute atomic E-state index is 0.0899. The van der Waals surface area contributed by atoms with E-state index in [0.29, 0.717) is 11.1 Å². The minimum atomic E-state index is -0.688. The smallest absolute Gasteiger partial charge is 0.145 e. The van der Waals surface area contributed by atoms with Crippen LogP contribution in [-0.2, 0) is 0 Å². The summed E-state index contributed by atoms with van der Waals surface area (Å²) in [7, 11) is 1.60. The molecule has 2 aromatic rings. The van der Waals surface area contributed by atoms with E-state index in [1.54, 1.807) is 20.0 Å². The third-order valence-corrected chi connectivity index (χ3v) is 3.78. The van der Waals surface area contributed by atoms with E-state index in [2.05, 4.69) is 21.2 Å². The molecular weight excluding hydrogens is 331 g/mol. The largest absolute Gasteiger partial charge is 0.309 e. The Labute approximate surface area is 123 Å². The van der Waals surface area contributed by atoms with Gasteiger partial charge in [0.05, 0.1) is 10.5 Å². The highest BCUT2D eigenvalue weighted by molar-refractivity contribution is 9.10. The Morgan fingerprint density at radius 2 is 1.70 bits per heavy atom. The predicted octanol–water partition coefficient (Wildman–Crippen LogP) is 4.48. The SMILES string of the molecule is CNC(c1ccc(F)c(C)c1)c1c(F)ccc(Br)c1F. The molecule has 20 heavy (non-hydrogen) atoms. The van der Waals surface area contributed by atoms with Gasteiger partial charge in [0.25, 0.3) is 0 Å². The molecule has 0 saturated heterocycles. The lowest BCUT2D eigenvalue weighted by molar-refractivity contribution is 0.518. The molecule has 1 unspecified atom stereocenters. The van der Waals surface area contributed by atoms with Gasteiger partial charge in [0.1, 0.15) is 17.5 Å². The molecule has 0 fully saturated rings. The Bertz CT molecular complexity index is 643. The van der Waals surface area contributed by atoms with E-state index in [0.717, 1.165) is 0 Å². The summed E-state index contributed by atoms with van der Waals surface area (Å²) < 4.78 is 41.6. The number of rotatable bonds is 3. The number of nitrogens with one attached hydrogen (secondary N) is 1. The highest BCUT2D eigenvalue weighted by Gasteiger charge is 2.22. The molecule has 5 heteroatoms. The summed E-state index contributed by atoms with van der Waals surface area (Å²) in [5, 5.41) is 2.87. The first-order valence-corrected chi connectivity index (χ1v) is 6.81. The predicted molar refractivity (Wildman–Crippen MR) is 76.1 cm³/mol. The lowest BCUT2D eigenvalue weighted by Gasteiger charge is -2.19. The lowest BCUT2D eigenvalue weighted by Crippen LogP contribution is -2.21. The average Bonchev–Trinajstić information content (AvgIpc) is 2.42. The molecule has 0 aromatic heterocycles. The van der Waals surface area contributed by atoms with Gasteiger partial charge in [0, 0.05) is 5.56 Å². The molecular formula is C15H13BrF3N. The monoisotopic (exact) mass is 343 g/mol. The Morgan fingerprint density at radius 1 is 1.05 bits per heavy atom. The average molecular weight is 344 g/mol. The van der Waals surface area contributed by atoms with Crippen LogP contribution in [0.5, 0.6) is 0 Å². The van der Waals surface area contributed by atoms with E-state index < -0.39 is 17.7 Å². The topological polar surface area (TPSA) is 12.0 Å². The molecule has 2 aromatic carbocycles. The van der Waals surface area contributed by atoms with Gasteiger partial charge in [0.2, 0.25) is 0 Å². The summed E-state index contributed by atoms with van der Waals surface area (Å²) in [5.74, 6) is -1.66. The second-order valence-electron chi connectivity index (χ2n) is 4.49.